The van der Waals surface area contributed by atoms with E-state index in [1.165, 1.54) is 11.1 Å². The predicted molar refractivity (Wildman–Crippen MR) is 163 cm³/mol. The summed E-state index contributed by atoms with van der Waals surface area (Å²) in [5.41, 5.74) is 4.27. The lowest BCUT2D eigenvalue weighted by atomic mass is 9.87. The largest absolute Gasteiger partial charge is 0.493 e. The number of hydrogen-bond acceptors (Lipinski definition) is 7. The number of benzene rings is 3. The highest BCUT2D eigenvalue weighted by Crippen LogP contribution is 2.34. The number of piperidine rings is 1. The van der Waals surface area contributed by atoms with Crippen molar-refractivity contribution in [2.75, 3.05) is 58.1 Å². The number of nitrogens with zero attached hydrogens (tertiary/aromatic N) is 1. The van der Waals surface area contributed by atoms with Gasteiger partial charge >= 0.3 is 0 Å². The third-order valence-corrected chi connectivity index (χ3v) is 7.71. The van der Waals surface area contributed by atoms with Gasteiger partial charge in [-0.2, -0.15) is 0 Å². The molecule has 224 valence electrons. The molecule has 2 atom stereocenters. The molecule has 1 saturated heterocycles. The van der Waals surface area contributed by atoms with E-state index in [1.807, 2.05) is 36.4 Å². The molecule has 0 bridgehead atoms. The van der Waals surface area contributed by atoms with Crippen molar-refractivity contribution in [2.24, 2.45) is 0 Å². The van der Waals surface area contributed by atoms with E-state index in [0.29, 0.717) is 33.0 Å². The van der Waals surface area contributed by atoms with Crippen molar-refractivity contribution >= 4 is 11.6 Å². The highest BCUT2D eigenvalue weighted by Gasteiger charge is 2.28. The number of anilines is 1. The first-order valence-corrected chi connectivity index (χ1v) is 14.9. The minimum atomic E-state index is -0.0313. The second kappa shape index (κ2) is 15.0. The molecule has 2 aliphatic heterocycles. The number of hydrogen-bond donors (Lipinski definition) is 1. The summed E-state index contributed by atoms with van der Waals surface area (Å²) in [5.74, 6) is 2.75. The number of aryl methyl sites for hydroxylation is 1. The molecule has 1 amide bonds. The van der Waals surface area contributed by atoms with Gasteiger partial charge in [-0.1, -0.05) is 30.3 Å². The van der Waals surface area contributed by atoms with Crippen LogP contribution in [0.15, 0.2) is 66.7 Å². The Morgan fingerprint density at radius 1 is 0.952 bits per heavy atom. The fourth-order valence-electron chi connectivity index (χ4n) is 5.49. The van der Waals surface area contributed by atoms with E-state index in [1.54, 1.807) is 12.0 Å². The van der Waals surface area contributed by atoms with Gasteiger partial charge in [-0.05, 0) is 79.4 Å². The van der Waals surface area contributed by atoms with Crippen molar-refractivity contribution in [1.82, 2.24) is 5.32 Å². The first-order valence-electron chi connectivity index (χ1n) is 14.9. The quantitative estimate of drug-likeness (QED) is 0.263. The maximum atomic E-state index is 12.5. The van der Waals surface area contributed by atoms with Crippen molar-refractivity contribution < 1.29 is 28.5 Å². The minimum Gasteiger partial charge on any atom is -0.493 e. The highest BCUT2D eigenvalue weighted by atomic mass is 16.5. The molecular weight excluding hydrogens is 532 g/mol. The van der Waals surface area contributed by atoms with Crippen LogP contribution in [0.4, 0.5) is 5.69 Å². The van der Waals surface area contributed by atoms with Crippen LogP contribution < -0.4 is 24.4 Å². The van der Waals surface area contributed by atoms with Crippen molar-refractivity contribution in [3.63, 3.8) is 0 Å². The van der Waals surface area contributed by atoms with Crippen LogP contribution in [-0.4, -0.2) is 65.2 Å². The second-order valence-electron chi connectivity index (χ2n) is 10.9. The van der Waals surface area contributed by atoms with Crippen LogP contribution in [-0.2, 0) is 20.9 Å². The van der Waals surface area contributed by atoms with E-state index < -0.39 is 0 Å². The average Bonchev–Trinajstić information content (AvgIpc) is 3.01. The molecule has 2 heterocycles. The van der Waals surface area contributed by atoms with Gasteiger partial charge in [0, 0.05) is 39.1 Å². The van der Waals surface area contributed by atoms with Crippen molar-refractivity contribution in [1.29, 1.82) is 0 Å². The standard InChI is InChI=1S/C34H42N2O6/c1-25-6-3-7-29(20-25)40-19-5-18-39-28-11-9-27(10-12-28)30-14-15-35-22-33(30)41-23-26-8-13-32-31(21-26)36(16-4-17-38-2)34(37)24-42-32/h3,6-13,20-21,30,33,35H,4-5,14-19,22-24H2,1-2H3. The first-order chi connectivity index (χ1) is 20.6. The summed E-state index contributed by atoms with van der Waals surface area (Å²) in [4.78, 5) is 14.3. The molecule has 2 aliphatic rings. The molecule has 1 N–H and O–H groups in total. The van der Waals surface area contributed by atoms with Crippen LogP contribution in [0.25, 0.3) is 0 Å². The molecule has 5 rings (SSSR count). The van der Waals surface area contributed by atoms with E-state index in [2.05, 4.69) is 42.6 Å². The summed E-state index contributed by atoms with van der Waals surface area (Å²) < 4.78 is 29.1. The van der Waals surface area contributed by atoms with Gasteiger partial charge in [0.2, 0.25) is 0 Å². The van der Waals surface area contributed by atoms with Crippen LogP contribution in [0, 0.1) is 6.92 Å². The third-order valence-electron chi connectivity index (χ3n) is 7.71. The monoisotopic (exact) mass is 574 g/mol. The van der Waals surface area contributed by atoms with Gasteiger partial charge in [0.1, 0.15) is 17.2 Å². The Labute approximate surface area is 248 Å². The van der Waals surface area contributed by atoms with Gasteiger partial charge in [-0.3, -0.25) is 4.79 Å². The van der Waals surface area contributed by atoms with Gasteiger partial charge in [-0.25, -0.2) is 0 Å². The normalized spacial score (nSPS) is 18.3. The Morgan fingerprint density at radius 2 is 1.79 bits per heavy atom. The number of amides is 1. The molecule has 8 nitrogen and oxygen atoms in total. The number of rotatable bonds is 14. The Morgan fingerprint density at radius 3 is 2.60 bits per heavy atom. The Balaban J connectivity index is 1.13. The zero-order valence-corrected chi connectivity index (χ0v) is 24.7. The summed E-state index contributed by atoms with van der Waals surface area (Å²) in [7, 11) is 1.67. The number of carbonyl (C=O) groups excluding carboxylic acids is 1. The lowest BCUT2D eigenvalue weighted by molar-refractivity contribution is -0.121. The fourth-order valence-corrected chi connectivity index (χ4v) is 5.49. The Hall–Kier alpha value is -3.59. The molecule has 3 aromatic carbocycles. The number of methoxy groups -OCH3 is 1. The van der Waals surface area contributed by atoms with E-state index in [0.717, 1.165) is 60.9 Å². The Kier molecular flexibility index (Phi) is 10.7. The molecular formula is C34H42N2O6. The molecule has 1 fully saturated rings. The molecule has 0 radical (unpaired) electrons. The van der Waals surface area contributed by atoms with Crippen LogP contribution in [0.2, 0.25) is 0 Å². The predicted octanol–water partition coefficient (Wildman–Crippen LogP) is 5.27. The summed E-state index contributed by atoms with van der Waals surface area (Å²) in [6, 6.07) is 22.5. The van der Waals surface area contributed by atoms with Gasteiger partial charge in [0.15, 0.2) is 6.61 Å². The van der Waals surface area contributed by atoms with Crippen LogP contribution in [0.3, 0.4) is 0 Å². The lowest BCUT2D eigenvalue weighted by Gasteiger charge is -2.33. The minimum absolute atomic E-state index is 0.0313. The average molecular weight is 575 g/mol. The number of nitrogens with one attached hydrogen (secondary N) is 1. The van der Waals surface area contributed by atoms with Gasteiger partial charge in [-0.15, -0.1) is 0 Å². The van der Waals surface area contributed by atoms with Crippen molar-refractivity contribution in [2.45, 2.75) is 44.8 Å². The first kappa shape index (κ1) is 29.9. The summed E-state index contributed by atoms with van der Waals surface area (Å²) in [6.07, 6.45) is 2.62. The summed E-state index contributed by atoms with van der Waals surface area (Å²) in [6.45, 7) is 6.77. The topological polar surface area (TPSA) is 78.5 Å². The molecule has 0 saturated carbocycles. The zero-order chi connectivity index (χ0) is 29.1. The maximum Gasteiger partial charge on any atom is 0.265 e. The molecule has 3 aromatic rings. The van der Waals surface area contributed by atoms with Gasteiger partial charge < -0.3 is 33.9 Å². The van der Waals surface area contributed by atoms with Crippen molar-refractivity contribution in [3.05, 3.63) is 83.4 Å². The van der Waals surface area contributed by atoms with Gasteiger partial charge in [0.25, 0.3) is 5.91 Å². The van der Waals surface area contributed by atoms with E-state index in [-0.39, 0.29) is 24.5 Å². The van der Waals surface area contributed by atoms with Crippen molar-refractivity contribution in [3.8, 4) is 17.2 Å². The number of ether oxygens (including phenoxy) is 5. The van der Waals surface area contributed by atoms with E-state index in [4.69, 9.17) is 23.7 Å². The molecule has 0 aliphatic carbocycles. The van der Waals surface area contributed by atoms with Gasteiger partial charge in [0.05, 0.1) is 31.6 Å². The van der Waals surface area contributed by atoms with E-state index >= 15 is 0 Å². The Bertz CT molecular complexity index is 1300. The lowest BCUT2D eigenvalue weighted by Crippen LogP contribution is -2.41. The third kappa shape index (κ3) is 8.03. The molecule has 0 aromatic heterocycles. The zero-order valence-electron chi connectivity index (χ0n) is 24.7. The molecule has 8 heteroatoms. The molecule has 0 spiro atoms. The summed E-state index contributed by atoms with van der Waals surface area (Å²) in [5, 5.41) is 3.48. The molecule has 42 heavy (non-hydrogen) atoms. The SMILES string of the molecule is COCCCN1C(=O)COc2ccc(COC3CNCCC3c3ccc(OCCCOc4cccc(C)c4)cc3)cc21. The highest BCUT2D eigenvalue weighted by molar-refractivity contribution is 5.97. The smallest absolute Gasteiger partial charge is 0.265 e. The summed E-state index contributed by atoms with van der Waals surface area (Å²) >= 11 is 0. The fraction of sp³-hybridized carbons (Fsp3) is 0.441. The van der Waals surface area contributed by atoms with Crippen LogP contribution in [0.5, 0.6) is 17.2 Å². The van der Waals surface area contributed by atoms with Crippen LogP contribution >= 0.6 is 0 Å². The van der Waals surface area contributed by atoms with E-state index in [9.17, 15) is 4.79 Å². The van der Waals surface area contributed by atoms with Crippen LogP contribution in [0.1, 0.15) is 41.9 Å². The number of fused-ring (bicyclic) bond motifs is 1. The second-order valence-corrected chi connectivity index (χ2v) is 10.9. The maximum absolute atomic E-state index is 12.5. The number of carbonyl (C=O) groups is 1. The molecule has 2 unspecified atom stereocenters.